The Morgan fingerprint density at radius 3 is 2.20 bits per heavy atom. The maximum absolute atomic E-state index is 11.9. The number of hydrogen-bond donors (Lipinski definition) is 1. The van der Waals surface area contributed by atoms with Crippen molar-refractivity contribution in [3.8, 4) is 5.75 Å². The van der Waals surface area contributed by atoms with Gasteiger partial charge in [0.1, 0.15) is 19.0 Å². The fourth-order valence-corrected chi connectivity index (χ4v) is 1.97. The molecule has 1 rings (SSSR count). The summed E-state index contributed by atoms with van der Waals surface area (Å²) in [4.78, 5) is 0. The lowest BCUT2D eigenvalue weighted by molar-refractivity contribution is -0.175. The zero-order valence-corrected chi connectivity index (χ0v) is 11.7. The van der Waals surface area contributed by atoms with Crippen LogP contribution in [0.3, 0.4) is 0 Å². The number of aryl methyl sites for hydroxylation is 2. The largest absolute Gasteiger partial charge is 0.491 e. The van der Waals surface area contributed by atoms with E-state index in [2.05, 4.69) is 4.74 Å². The van der Waals surface area contributed by atoms with E-state index in [-0.39, 0.29) is 13.2 Å². The summed E-state index contributed by atoms with van der Waals surface area (Å²) in [6, 6.07) is 3.96. The molecule has 0 spiro atoms. The maximum atomic E-state index is 11.9. The van der Waals surface area contributed by atoms with Gasteiger partial charge in [-0.3, -0.25) is 0 Å². The van der Waals surface area contributed by atoms with Gasteiger partial charge in [-0.05, 0) is 43.5 Å². The molecule has 0 saturated carbocycles. The van der Waals surface area contributed by atoms with E-state index in [0.29, 0.717) is 12.3 Å². The number of ether oxygens (including phenoxy) is 2. The van der Waals surface area contributed by atoms with E-state index in [1.807, 2.05) is 26.0 Å². The molecule has 0 amide bonds. The first kappa shape index (κ1) is 16.8. The monoisotopic (exact) mass is 291 g/mol. The van der Waals surface area contributed by atoms with Gasteiger partial charge in [0.2, 0.25) is 0 Å². The van der Waals surface area contributed by atoms with Gasteiger partial charge in [0.05, 0.1) is 6.61 Å². The minimum Gasteiger partial charge on any atom is -0.491 e. The molecule has 0 radical (unpaired) electrons. The standard InChI is InChI=1S/C14H20F3NO2/c1-10-7-12(3-4-18)8-11(2)13(10)20-6-5-19-9-14(15,16)17/h7-8H,3-6,9,18H2,1-2H3. The van der Waals surface area contributed by atoms with Gasteiger partial charge in [0.25, 0.3) is 0 Å². The van der Waals surface area contributed by atoms with Crippen molar-refractivity contribution in [2.75, 3.05) is 26.4 Å². The Bertz CT molecular complexity index is 410. The molecule has 0 aliphatic heterocycles. The van der Waals surface area contributed by atoms with E-state index in [0.717, 1.165) is 23.1 Å². The molecular formula is C14H20F3NO2. The van der Waals surface area contributed by atoms with Crippen molar-refractivity contribution in [1.82, 2.24) is 0 Å². The number of alkyl halides is 3. The van der Waals surface area contributed by atoms with E-state index < -0.39 is 12.8 Å². The van der Waals surface area contributed by atoms with Crippen LogP contribution in [0.5, 0.6) is 5.75 Å². The van der Waals surface area contributed by atoms with Crippen LogP contribution in [0.4, 0.5) is 13.2 Å². The molecule has 1 aromatic rings. The fraction of sp³-hybridized carbons (Fsp3) is 0.571. The average Bonchev–Trinajstić information content (AvgIpc) is 2.30. The van der Waals surface area contributed by atoms with Crippen LogP contribution < -0.4 is 10.5 Å². The van der Waals surface area contributed by atoms with Gasteiger partial charge in [-0.15, -0.1) is 0 Å². The fourth-order valence-electron chi connectivity index (χ4n) is 1.97. The van der Waals surface area contributed by atoms with Gasteiger partial charge in [-0.25, -0.2) is 0 Å². The minimum absolute atomic E-state index is 0.0913. The molecular weight excluding hydrogens is 271 g/mol. The first-order valence-electron chi connectivity index (χ1n) is 6.41. The Labute approximate surface area is 116 Å². The van der Waals surface area contributed by atoms with Crippen molar-refractivity contribution in [3.05, 3.63) is 28.8 Å². The van der Waals surface area contributed by atoms with Crippen LogP contribution in [0.1, 0.15) is 16.7 Å². The van der Waals surface area contributed by atoms with E-state index >= 15 is 0 Å². The van der Waals surface area contributed by atoms with E-state index in [1.54, 1.807) is 0 Å². The van der Waals surface area contributed by atoms with Crippen molar-refractivity contribution in [3.63, 3.8) is 0 Å². The van der Waals surface area contributed by atoms with Crippen molar-refractivity contribution >= 4 is 0 Å². The van der Waals surface area contributed by atoms with Crippen molar-refractivity contribution in [2.24, 2.45) is 5.73 Å². The summed E-state index contributed by atoms with van der Waals surface area (Å²) in [7, 11) is 0. The molecule has 114 valence electrons. The zero-order valence-electron chi connectivity index (χ0n) is 11.7. The number of halogens is 3. The molecule has 20 heavy (non-hydrogen) atoms. The molecule has 0 aromatic heterocycles. The molecule has 0 fully saturated rings. The third-order valence-electron chi connectivity index (χ3n) is 2.69. The van der Waals surface area contributed by atoms with Crippen molar-refractivity contribution in [2.45, 2.75) is 26.4 Å². The van der Waals surface area contributed by atoms with Crippen LogP contribution in [-0.2, 0) is 11.2 Å². The Morgan fingerprint density at radius 1 is 1.10 bits per heavy atom. The summed E-state index contributed by atoms with van der Waals surface area (Å²) in [5.41, 5.74) is 8.53. The highest BCUT2D eigenvalue weighted by molar-refractivity contribution is 5.43. The third kappa shape index (κ3) is 5.79. The predicted octanol–water partition coefficient (Wildman–Crippen LogP) is 2.76. The van der Waals surface area contributed by atoms with E-state index in [1.165, 1.54) is 0 Å². The highest BCUT2D eigenvalue weighted by Gasteiger charge is 2.27. The quantitative estimate of drug-likeness (QED) is 0.786. The SMILES string of the molecule is Cc1cc(CCN)cc(C)c1OCCOCC(F)(F)F. The highest BCUT2D eigenvalue weighted by Crippen LogP contribution is 2.25. The van der Waals surface area contributed by atoms with Crippen LogP contribution in [0.15, 0.2) is 12.1 Å². The molecule has 0 unspecified atom stereocenters. The van der Waals surface area contributed by atoms with Gasteiger partial charge in [0.15, 0.2) is 0 Å². The molecule has 2 N–H and O–H groups in total. The first-order chi connectivity index (χ1) is 9.33. The number of hydrogen-bond acceptors (Lipinski definition) is 3. The molecule has 0 aliphatic rings. The van der Waals surface area contributed by atoms with Gasteiger partial charge < -0.3 is 15.2 Å². The number of rotatable bonds is 7. The summed E-state index contributed by atoms with van der Waals surface area (Å²) in [6.45, 7) is 3.13. The summed E-state index contributed by atoms with van der Waals surface area (Å²) in [6.07, 6.45) is -3.51. The number of benzene rings is 1. The lowest BCUT2D eigenvalue weighted by atomic mass is 10.0. The normalized spacial score (nSPS) is 11.7. The van der Waals surface area contributed by atoms with Crippen molar-refractivity contribution in [1.29, 1.82) is 0 Å². The summed E-state index contributed by atoms with van der Waals surface area (Å²) in [5.74, 6) is 0.696. The Balaban J connectivity index is 2.48. The maximum Gasteiger partial charge on any atom is 0.411 e. The topological polar surface area (TPSA) is 44.5 Å². The summed E-state index contributed by atoms with van der Waals surface area (Å²) in [5, 5.41) is 0. The molecule has 0 aliphatic carbocycles. The van der Waals surface area contributed by atoms with Crippen LogP contribution in [-0.4, -0.2) is 32.5 Å². The molecule has 0 heterocycles. The van der Waals surface area contributed by atoms with E-state index in [9.17, 15) is 13.2 Å². The summed E-state index contributed by atoms with van der Waals surface area (Å²) < 4.78 is 45.6. The van der Waals surface area contributed by atoms with Crippen LogP contribution in [0.25, 0.3) is 0 Å². The van der Waals surface area contributed by atoms with E-state index in [4.69, 9.17) is 10.5 Å². The van der Waals surface area contributed by atoms with Crippen LogP contribution in [0, 0.1) is 13.8 Å². The average molecular weight is 291 g/mol. The molecule has 0 atom stereocenters. The Hall–Kier alpha value is -1.27. The highest BCUT2D eigenvalue weighted by atomic mass is 19.4. The molecule has 6 heteroatoms. The molecule has 3 nitrogen and oxygen atoms in total. The van der Waals surface area contributed by atoms with Gasteiger partial charge >= 0.3 is 6.18 Å². The second-order valence-electron chi connectivity index (χ2n) is 4.61. The Morgan fingerprint density at radius 2 is 1.70 bits per heavy atom. The van der Waals surface area contributed by atoms with Gasteiger partial charge in [-0.2, -0.15) is 13.2 Å². The summed E-state index contributed by atoms with van der Waals surface area (Å²) >= 11 is 0. The van der Waals surface area contributed by atoms with Gasteiger partial charge in [0, 0.05) is 0 Å². The number of nitrogens with two attached hydrogens (primary N) is 1. The van der Waals surface area contributed by atoms with Crippen LogP contribution >= 0.6 is 0 Å². The molecule has 1 aromatic carbocycles. The molecule has 0 bridgehead atoms. The smallest absolute Gasteiger partial charge is 0.411 e. The van der Waals surface area contributed by atoms with Gasteiger partial charge in [-0.1, -0.05) is 12.1 Å². The lowest BCUT2D eigenvalue weighted by Gasteiger charge is -2.14. The zero-order chi connectivity index (χ0) is 15.2. The second-order valence-corrected chi connectivity index (χ2v) is 4.61. The first-order valence-corrected chi connectivity index (χ1v) is 6.41. The third-order valence-corrected chi connectivity index (χ3v) is 2.69. The lowest BCUT2D eigenvalue weighted by Crippen LogP contribution is -2.19. The molecule has 0 saturated heterocycles. The van der Waals surface area contributed by atoms with Crippen molar-refractivity contribution < 1.29 is 22.6 Å². The van der Waals surface area contributed by atoms with Crippen LogP contribution in [0.2, 0.25) is 0 Å². The minimum atomic E-state index is -4.30. The predicted molar refractivity (Wildman–Crippen MR) is 71.0 cm³/mol. The second kappa shape index (κ2) is 7.50. The Kier molecular flexibility index (Phi) is 6.29.